The topological polar surface area (TPSA) is 40.9 Å². The number of benzene rings is 1. The third kappa shape index (κ3) is 3.18. The molecule has 0 spiro atoms. The highest BCUT2D eigenvalue weighted by atomic mass is 35.5. The van der Waals surface area contributed by atoms with E-state index in [9.17, 15) is 10.1 Å². The van der Waals surface area contributed by atoms with Crippen molar-refractivity contribution < 1.29 is 4.79 Å². The van der Waals surface area contributed by atoms with Crippen molar-refractivity contribution in [3.8, 4) is 6.07 Å². The van der Waals surface area contributed by atoms with E-state index in [0.29, 0.717) is 21.4 Å². The summed E-state index contributed by atoms with van der Waals surface area (Å²) in [4.78, 5) is 13.0. The summed E-state index contributed by atoms with van der Waals surface area (Å²) in [7, 11) is 0. The molecule has 4 heteroatoms. The maximum Gasteiger partial charge on any atom is 0.195 e. The molecule has 0 aliphatic heterocycles. The van der Waals surface area contributed by atoms with Crippen LogP contribution in [0.5, 0.6) is 0 Å². The van der Waals surface area contributed by atoms with Crippen molar-refractivity contribution in [1.82, 2.24) is 0 Å². The fourth-order valence-corrected chi connectivity index (χ4v) is 3.34. The van der Waals surface area contributed by atoms with Crippen LogP contribution >= 0.6 is 22.9 Å². The zero-order chi connectivity index (χ0) is 15.6. The van der Waals surface area contributed by atoms with Gasteiger partial charge in [0.25, 0.3) is 0 Å². The highest BCUT2D eigenvalue weighted by Crippen LogP contribution is 2.32. The molecule has 0 aliphatic carbocycles. The van der Waals surface area contributed by atoms with E-state index in [-0.39, 0.29) is 5.78 Å². The average molecular weight is 318 g/mol. The van der Waals surface area contributed by atoms with E-state index in [1.807, 2.05) is 36.6 Å². The minimum absolute atomic E-state index is 0.224. The van der Waals surface area contributed by atoms with Crippen molar-refractivity contribution in [3.63, 3.8) is 0 Å². The van der Waals surface area contributed by atoms with Gasteiger partial charge in [0.1, 0.15) is 5.92 Å². The van der Waals surface area contributed by atoms with Gasteiger partial charge in [-0.2, -0.15) is 5.26 Å². The van der Waals surface area contributed by atoms with E-state index in [0.717, 1.165) is 5.56 Å². The Morgan fingerprint density at radius 3 is 2.24 bits per heavy atom. The predicted octanol–water partition coefficient (Wildman–Crippen LogP) is 5.32. The molecule has 1 aromatic carbocycles. The Morgan fingerprint density at radius 1 is 1.24 bits per heavy atom. The Kier molecular flexibility index (Phi) is 4.82. The Labute approximate surface area is 134 Å². The Bertz CT molecular complexity index is 695. The molecule has 108 valence electrons. The Balaban J connectivity index is 2.34. The summed E-state index contributed by atoms with van der Waals surface area (Å²) in [5.41, 5.74) is 2.78. The normalized spacial score (nSPS) is 12.2. The smallest absolute Gasteiger partial charge is 0.195 e. The first kappa shape index (κ1) is 15.8. The number of rotatable bonds is 4. The van der Waals surface area contributed by atoms with Gasteiger partial charge in [0.15, 0.2) is 5.78 Å². The molecular formula is C17H16ClNOS. The van der Waals surface area contributed by atoms with E-state index in [2.05, 4.69) is 19.9 Å². The van der Waals surface area contributed by atoms with Crippen LogP contribution in [0, 0.1) is 18.3 Å². The second-order valence-electron chi connectivity index (χ2n) is 5.31. The van der Waals surface area contributed by atoms with Crippen molar-refractivity contribution in [2.24, 2.45) is 0 Å². The van der Waals surface area contributed by atoms with Crippen LogP contribution < -0.4 is 0 Å². The second-order valence-corrected chi connectivity index (χ2v) is 6.57. The van der Waals surface area contributed by atoms with Crippen LogP contribution in [0.1, 0.15) is 52.0 Å². The number of ketones is 1. The highest BCUT2D eigenvalue weighted by Gasteiger charge is 2.25. The Hall–Kier alpha value is -1.63. The lowest BCUT2D eigenvalue weighted by Gasteiger charge is -2.10. The van der Waals surface area contributed by atoms with Gasteiger partial charge in [-0.3, -0.25) is 4.79 Å². The van der Waals surface area contributed by atoms with Gasteiger partial charge in [-0.05, 0) is 34.9 Å². The molecule has 2 aromatic rings. The fourth-order valence-electron chi connectivity index (χ4n) is 2.09. The van der Waals surface area contributed by atoms with Gasteiger partial charge in [0, 0.05) is 0 Å². The number of nitriles is 1. The molecule has 0 N–H and O–H groups in total. The minimum atomic E-state index is -0.804. The number of carbonyl (C=O) groups excluding carboxylic acids is 1. The van der Waals surface area contributed by atoms with Gasteiger partial charge in [-0.15, -0.1) is 11.3 Å². The molecule has 1 heterocycles. The van der Waals surface area contributed by atoms with Crippen LogP contribution in [0.2, 0.25) is 5.02 Å². The number of Topliss-reactive ketones (excluding diaryl/α,β-unsaturated/α-hetero) is 1. The molecule has 2 rings (SSSR count). The van der Waals surface area contributed by atoms with Crippen molar-refractivity contribution >= 4 is 28.7 Å². The fraction of sp³-hybridized carbons (Fsp3) is 0.294. The molecule has 0 saturated heterocycles. The second kappa shape index (κ2) is 6.43. The first-order valence-corrected chi connectivity index (χ1v) is 7.98. The average Bonchev–Trinajstić information content (AvgIpc) is 2.80. The molecule has 1 aromatic heterocycles. The molecule has 0 amide bonds. The van der Waals surface area contributed by atoms with E-state index >= 15 is 0 Å². The van der Waals surface area contributed by atoms with Crippen LogP contribution in [-0.4, -0.2) is 5.78 Å². The molecule has 1 atom stereocenters. The zero-order valence-corrected chi connectivity index (χ0v) is 13.8. The zero-order valence-electron chi connectivity index (χ0n) is 12.2. The SMILES string of the molecule is Cc1csc(C(=O)C(C#N)c2ccc(C(C)C)cc2)c1Cl. The maximum absolute atomic E-state index is 12.5. The monoisotopic (exact) mass is 317 g/mol. The number of carbonyl (C=O) groups is 1. The van der Waals surface area contributed by atoms with Gasteiger partial charge in [0.05, 0.1) is 16.0 Å². The summed E-state index contributed by atoms with van der Waals surface area (Å²) in [6.45, 7) is 6.07. The molecule has 21 heavy (non-hydrogen) atoms. The summed E-state index contributed by atoms with van der Waals surface area (Å²) in [5, 5.41) is 11.7. The van der Waals surface area contributed by atoms with Crippen LogP contribution in [-0.2, 0) is 0 Å². The molecule has 1 unspecified atom stereocenters. The first-order valence-electron chi connectivity index (χ1n) is 6.73. The van der Waals surface area contributed by atoms with Gasteiger partial charge in [-0.1, -0.05) is 49.7 Å². The summed E-state index contributed by atoms with van der Waals surface area (Å²) in [5.74, 6) is -0.607. The van der Waals surface area contributed by atoms with Crippen LogP contribution in [0.25, 0.3) is 0 Å². The summed E-state index contributed by atoms with van der Waals surface area (Å²) in [6, 6.07) is 9.76. The molecule has 0 saturated carbocycles. The van der Waals surface area contributed by atoms with E-state index < -0.39 is 5.92 Å². The van der Waals surface area contributed by atoms with Gasteiger partial charge >= 0.3 is 0 Å². The molecule has 0 aliphatic rings. The predicted molar refractivity (Wildman–Crippen MR) is 87.3 cm³/mol. The lowest BCUT2D eigenvalue weighted by Crippen LogP contribution is -2.10. The minimum Gasteiger partial charge on any atom is -0.291 e. The van der Waals surface area contributed by atoms with Crippen molar-refractivity contribution in [2.45, 2.75) is 32.6 Å². The van der Waals surface area contributed by atoms with Crippen molar-refractivity contribution in [3.05, 3.63) is 56.2 Å². The number of nitrogens with zero attached hydrogens (tertiary/aromatic N) is 1. The Morgan fingerprint density at radius 2 is 1.81 bits per heavy atom. The van der Waals surface area contributed by atoms with Gasteiger partial charge in [0.2, 0.25) is 0 Å². The summed E-state index contributed by atoms with van der Waals surface area (Å²) < 4.78 is 0. The third-order valence-electron chi connectivity index (χ3n) is 3.45. The molecule has 0 fully saturated rings. The molecular weight excluding hydrogens is 302 g/mol. The summed E-state index contributed by atoms with van der Waals surface area (Å²) >= 11 is 7.44. The highest BCUT2D eigenvalue weighted by molar-refractivity contribution is 7.13. The third-order valence-corrected chi connectivity index (χ3v) is 5.16. The lowest BCUT2D eigenvalue weighted by atomic mass is 9.92. The van der Waals surface area contributed by atoms with Crippen molar-refractivity contribution in [1.29, 1.82) is 5.26 Å². The quantitative estimate of drug-likeness (QED) is 0.716. The van der Waals surface area contributed by atoms with E-state index in [1.54, 1.807) is 0 Å². The van der Waals surface area contributed by atoms with Gasteiger partial charge in [-0.25, -0.2) is 0 Å². The number of hydrogen-bond acceptors (Lipinski definition) is 3. The lowest BCUT2D eigenvalue weighted by molar-refractivity contribution is 0.0983. The number of aryl methyl sites for hydroxylation is 1. The molecule has 0 bridgehead atoms. The van der Waals surface area contributed by atoms with Crippen LogP contribution in [0.15, 0.2) is 29.6 Å². The molecule has 2 nitrogen and oxygen atoms in total. The summed E-state index contributed by atoms with van der Waals surface area (Å²) in [6.07, 6.45) is 0. The molecule has 0 radical (unpaired) electrons. The van der Waals surface area contributed by atoms with E-state index in [4.69, 9.17) is 11.6 Å². The number of hydrogen-bond donors (Lipinski definition) is 0. The first-order chi connectivity index (χ1) is 9.95. The van der Waals surface area contributed by atoms with Gasteiger partial charge < -0.3 is 0 Å². The van der Waals surface area contributed by atoms with E-state index in [1.165, 1.54) is 16.9 Å². The van der Waals surface area contributed by atoms with Crippen LogP contribution in [0.4, 0.5) is 0 Å². The van der Waals surface area contributed by atoms with Crippen molar-refractivity contribution in [2.75, 3.05) is 0 Å². The largest absolute Gasteiger partial charge is 0.291 e. The standard InChI is InChI=1S/C17H16ClNOS/c1-10(2)12-4-6-13(7-5-12)14(8-19)16(20)17-15(18)11(3)9-21-17/h4-7,9-10,14H,1-3H3. The van der Waals surface area contributed by atoms with Crippen LogP contribution in [0.3, 0.4) is 0 Å². The number of halogens is 1. The maximum atomic E-state index is 12.5. The number of thiophene rings is 1.